The highest BCUT2D eigenvalue weighted by Gasteiger charge is 2.16. The molecule has 4 heteroatoms. The minimum absolute atomic E-state index is 0.187. The van der Waals surface area contributed by atoms with Gasteiger partial charge in [-0.15, -0.1) is 0 Å². The summed E-state index contributed by atoms with van der Waals surface area (Å²) in [7, 11) is 0. The fraction of sp³-hybridized carbons (Fsp3) is 0.500. The molecule has 1 aliphatic rings. The molecule has 3 nitrogen and oxygen atoms in total. The average Bonchev–Trinajstić information content (AvgIpc) is 2.90. The van der Waals surface area contributed by atoms with Crippen LogP contribution in [0.2, 0.25) is 0 Å². The first-order valence-electron chi connectivity index (χ1n) is 6.48. The SMILES string of the molecule is O=C(CNCCc1ccc(F)cc1)N1CCCC1. The van der Waals surface area contributed by atoms with Crippen LogP contribution in [0, 0.1) is 5.82 Å². The number of nitrogens with one attached hydrogen (secondary N) is 1. The third-order valence-electron chi connectivity index (χ3n) is 3.24. The van der Waals surface area contributed by atoms with E-state index >= 15 is 0 Å². The van der Waals surface area contributed by atoms with Crippen molar-refractivity contribution < 1.29 is 9.18 Å². The van der Waals surface area contributed by atoms with Crippen molar-refractivity contribution in [3.63, 3.8) is 0 Å². The summed E-state index contributed by atoms with van der Waals surface area (Å²) < 4.78 is 12.7. The maximum atomic E-state index is 12.7. The molecule has 0 bridgehead atoms. The Morgan fingerprint density at radius 3 is 2.56 bits per heavy atom. The highest BCUT2D eigenvalue weighted by molar-refractivity contribution is 5.78. The van der Waals surface area contributed by atoms with E-state index in [1.54, 1.807) is 12.1 Å². The van der Waals surface area contributed by atoms with E-state index in [0.717, 1.165) is 44.5 Å². The van der Waals surface area contributed by atoms with Gasteiger partial charge < -0.3 is 10.2 Å². The quantitative estimate of drug-likeness (QED) is 0.805. The summed E-state index contributed by atoms with van der Waals surface area (Å²) in [5.41, 5.74) is 1.08. The van der Waals surface area contributed by atoms with E-state index < -0.39 is 0 Å². The highest BCUT2D eigenvalue weighted by atomic mass is 19.1. The topological polar surface area (TPSA) is 32.3 Å². The summed E-state index contributed by atoms with van der Waals surface area (Å²) in [6, 6.07) is 6.48. The molecule has 1 fully saturated rings. The zero-order chi connectivity index (χ0) is 12.8. The molecule has 1 aromatic rings. The van der Waals surface area contributed by atoms with E-state index in [1.165, 1.54) is 12.1 Å². The second-order valence-electron chi connectivity index (χ2n) is 4.64. The monoisotopic (exact) mass is 250 g/mol. The first-order valence-corrected chi connectivity index (χ1v) is 6.48. The van der Waals surface area contributed by atoms with Crippen molar-refractivity contribution in [2.75, 3.05) is 26.2 Å². The summed E-state index contributed by atoms with van der Waals surface area (Å²) in [5.74, 6) is -0.0254. The van der Waals surface area contributed by atoms with Crippen LogP contribution in [-0.2, 0) is 11.2 Å². The molecule has 1 aliphatic heterocycles. The van der Waals surface area contributed by atoms with Gasteiger partial charge in [0.05, 0.1) is 6.54 Å². The third kappa shape index (κ3) is 3.81. The van der Waals surface area contributed by atoms with Gasteiger partial charge >= 0.3 is 0 Å². The number of halogens is 1. The van der Waals surface area contributed by atoms with Crippen LogP contribution < -0.4 is 5.32 Å². The van der Waals surface area contributed by atoms with Crippen LogP contribution in [-0.4, -0.2) is 37.0 Å². The van der Waals surface area contributed by atoms with Gasteiger partial charge in [0.2, 0.25) is 5.91 Å². The number of benzene rings is 1. The number of hydrogen-bond donors (Lipinski definition) is 1. The number of carbonyl (C=O) groups is 1. The number of rotatable bonds is 5. The summed E-state index contributed by atoms with van der Waals surface area (Å²) in [6.45, 7) is 2.95. The maximum Gasteiger partial charge on any atom is 0.236 e. The molecule has 0 spiro atoms. The normalized spacial score (nSPS) is 15.1. The summed E-state index contributed by atoms with van der Waals surface area (Å²) in [6.07, 6.45) is 3.07. The van der Waals surface area contributed by atoms with Crippen LogP contribution in [0.15, 0.2) is 24.3 Å². The minimum Gasteiger partial charge on any atom is -0.342 e. The lowest BCUT2D eigenvalue weighted by molar-refractivity contribution is -0.129. The predicted molar refractivity (Wildman–Crippen MR) is 68.8 cm³/mol. The largest absolute Gasteiger partial charge is 0.342 e. The Morgan fingerprint density at radius 1 is 1.22 bits per heavy atom. The second kappa shape index (κ2) is 6.50. The molecule has 18 heavy (non-hydrogen) atoms. The van der Waals surface area contributed by atoms with Crippen LogP contribution in [0.25, 0.3) is 0 Å². The van der Waals surface area contributed by atoms with Gasteiger partial charge in [-0.05, 0) is 43.5 Å². The zero-order valence-electron chi connectivity index (χ0n) is 10.5. The van der Waals surface area contributed by atoms with E-state index in [2.05, 4.69) is 5.32 Å². The van der Waals surface area contributed by atoms with Gasteiger partial charge in [0.25, 0.3) is 0 Å². The Kier molecular flexibility index (Phi) is 4.70. The number of nitrogens with zero attached hydrogens (tertiary/aromatic N) is 1. The molecule has 0 aliphatic carbocycles. The first kappa shape index (κ1) is 13.0. The fourth-order valence-electron chi connectivity index (χ4n) is 2.16. The first-order chi connectivity index (χ1) is 8.75. The molecule has 0 unspecified atom stereocenters. The van der Waals surface area contributed by atoms with E-state index in [4.69, 9.17) is 0 Å². The van der Waals surface area contributed by atoms with E-state index in [0.29, 0.717) is 6.54 Å². The second-order valence-corrected chi connectivity index (χ2v) is 4.64. The number of amides is 1. The van der Waals surface area contributed by atoms with Gasteiger partial charge in [0.1, 0.15) is 5.82 Å². The van der Waals surface area contributed by atoms with Crippen molar-refractivity contribution in [2.45, 2.75) is 19.3 Å². The van der Waals surface area contributed by atoms with E-state index in [-0.39, 0.29) is 11.7 Å². The van der Waals surface area contributed by atoms with E-state index in [1.807, 2.05) is 4.90 Å². The average molecular weight is 250 g/mol. The Labute approximate surface area is 107 Å². The summed E-state index contributed by atoms with van der Waals surface area (Å²) in [4.78, 5) is 13.6. The third-order valence-corrected chi connectivity index (χ3v) is 3.24. The molecule has 0 radical (unpaired) electrons. The Hall–Kier alpha value is -1.42. The van der Waals surface area contributed by atoms with Crippen molar-refractivity contribution in [3.05, 3.63) is 35.6 Å². The molecule has 1 aromatic carbocycles. The van der Waals surface area contributed by atoms with Crippen LogP contribution >= 0.6 is 0 Å². The zero-order valence-corrected chi connectivity index (χ0v) is 10.5. The molecular weight excluding hydrogens is 231 g/mol. The smallest absolute Gasteiger partial charge is 0.236 e. The van der Waals surface area contributed by atoms with Gasteiger partial charge in [-0.1, -0.05) is 12.1 Å². The van der Waals surface area contributed by atoms with Crippen LogP contribution in [0.5, 0.6) is 0 Å². The summed E-state index contributed by atoms with van der Waals surface area (Å²) in [5, 5.41) is 3.14. The maximum absolute atomic E-state index is 12.7. The Bertz CT molecular complexity index is 385. The molecule has 2 rings (SSSR count). The molecule has 1 N–H and O–H groups in total. The summed E-state index contributed by atoms with van der Waals surface area (Å²) >= 11 is 0. The van der Waals surface area contributed by atoms with Crippen LogP contribution in [0.1, 0.15) is 18.4 Å². The van der Waals surface area contributed by atoms with Crippen molar-refractivity contribution in [1.82, 2.24) is 10.2 Å². The molecule has 1 amide bonds. The van der Waals surface area contributed by atoms with Crippen molar-refractivity contribution in [2.24, 2.45) is 0 Å². The van der Waals surface area contributed by atoms with Crippen molar-refractivity contribution in [1.29, 1.82) is 0 Å². The number of hydrogen-bond acceptors (Lipinski definition) is 2. The molecule has 0 aromatic heterocycles. The van der Waals surface area contributed by atoms with Gasteiger partial charge in [0, 0.05) is 13.1 Å². The lowest BCUT2D eigenvalue weighted by Crippen LogP contribution is -2.36. The van der Waals surface area contributed by atoms with Gasteiger partial charge in [-0.3, -0.25) is 4.79 Å². The Balaban J connectivity index is 1.63. The standard InChI is InChI=1S/C14H19FN2O/c15-13-5-3-12(4-6-13)7-8-16-11-14(18)17-9-1-2-10-17/h3-6,16H,1-2,7-11H2. The van der Waals surface area contributed by atoms with Gasteiger partial charge in [0.15, 0.2) is 0 Å². The van der Waals surface area contributed by atoms with Crippen molar-refractivity contribution in [3.8, 4) is 0 Å². The van der Waals surface area contributed by atoms with E-state index in [9.17, 15) is 9.18 Å². The van der Waals surface area contributed by atoms with Gasteiger partial charge in [-0.2, -0.15) is 0 Å². The highest BCUT2D eigenvalue weighted by Crippen LogP contribution is 2.06. The molecule has 1 saturated heterocycles. The molecular formula is C14H19FN2O. The van der Waals surface area contributed by atoms with Crippen LogP contribution in [0.3, 0.4) is 0 Å². The lowest BCUT2D eigenvalue weighted by atomic mass is 10.1. The van der Waals surface area contributed by atoms with Crippen LogP contribution in [0.4, 0.5) is 4.39 Å². The van der Waals surface area contributed by atoms with Crippen molar-refractivity contribution >= 4 is 5.91 Å². The molecule has 0 saturated carbocycles. The molecule has 1 heterocycles. The minimum atomic E-state index is -0.212. The number of carbonyl (C=O) groups excluding carboxylic acids is 1. The number of likely N-dealkylation sites (tertiary alicyclic amines) is 1. The predicted octanol–water partition coefficient (Wildman–Crippen LogP) is 1.58. The van der Waals surface area contributed by atoms with Gasteiger partial charge in [-0.25, -0.2) is 4.39 Å². The molecule has 0 atom stereocenters. The lowest BCUT2D eigenvalue weighted by Gasteiger charge is -2.15. The Morgan fingerprint density at radius 2 is 1.89 bits per heavy atom. The molecule has 98 valence electrons. The fourth-order valence-corrected chi connectivity index (χ4v) is 2.16.